The molecular formula is C23H21ClN6O4. The lowest BCUT2D eigenvalue weighted by atomic mass is 10.1. The number of H-pyrrole nitrogens is 1. The molecule has 0 spiro atoms. The number of nitrogens with one attached hydrogen (secondary N) is 2. The highest BCUT2D eigenvalue weighted by atomic mass is 35.5. The predicted molar refractivity (Wildman–Crippen MR) is 122 cm³/mol. The van der Waals surface area contributed by atoms with Gasteiger partial charge in [-0.15, -0.1) is 0 Å². The van der Waals surface area contributed by atoms with E-state index in [2.05, 4.69) is 25.4 Å². The van der Waals surface area contributed by atoms with E-state index >= 15 is 0 Å². The second kappa shape index (κ2) is 7.76. The molecule has 3 aromatic heterocycles. The first-order valence-corrected chi connectivity index (χ1v) is 11.5. The second-order valence-electron chi connectivity index (χ2n) is 8.73. The van der Waals surface area contributed by atoms with Crippen molar-refractivity contribution in [1.82, 2.24) is 30.0 Å². The van der Waals surface area contributed by atoms with Gasteiger partial charge in [-0.2, -0.15) is 10.1 Å². The number of aliphatic hydroxyl groups excluding tert-OH is 1. The Morgan fingerprint density at radius 1 is 1.09 bits per heavy atom. The van der Waals surface area contributed by atoms with Gasteiger partial charge in [-0.05, 0) is 18.2 Å². The van der Waals surface area contributed by atoms with Crippen LogP contribution in [0, 0.1) is 0 Å². The normalized spacial score (nSPS) is 25.7. The van der Waals surface area contributed by atoms with E-state index in [1.54, 1.807) is 6.07 Å². The van der Waals surface area contributed by atoms with Crippen LogP contribution in [0.25, 0.3) is 28.1 Å². The lowest BCUT2D eigenvalue weighted by molar-refractivity contribution is 0.00706. The molecule has 0 radical (unpaired) electrons. The topological polar surface area (TPSA) is 119 Å². The fourth-order valence-electron chi connectivity index (χ4n) is 4.88. The zero-order valence-corrected chi connectivity index (χ0v) is 18.7. The summed E-state index contributed by atoms with van der Waals surface area (Å²) in [6, 6.07) is 10.1. The van der Waals surface area contributed by atoms with Crippen molar-refractivity contribution in [3.63, 3.8) is 0 Å². The smallest absolute Gasteiger partial charge is 0.296 e. The number of fused-ring (bicyclic) bond motifs is 3. The van der Waals surface area contributed by atoms with E-state index in [9.17, 15) is 5.11 Å². The van der Waals surface area contributed by atoms with Crippen molar-refractivity contribution in [2.45, 2.75) is 37.5 Å². The number of hydrogen-bond acceptors (Lipinski definition) is 8. The van der Waals surface area contributed by atoms with E-state index in [1.807, 2.05) is 35.1 Å². The number of aliphatic hydroxyl groups is 1. The summed E-state index contributed by atoms with van der Waals surface area (Å²) < 4.78 is 19.2. The molecule has 174 valence electrons. The Kier molecular flexibility index (Phi) is 4.64. The third kappa shape index (κ3) is 3.22. The van der Waals surface area contributed by atoms with Gasteiger partial charge in [0.25, 0.3) is 6.01 Å². The van der Waals surface area contributed by atoms with Crippen molar-refractivity contribution in [2.24, 2.45) is 0 Å². The van der Waals surface area contributed by atoms with Gasteiger partial charge in [0.2, 0.25) is 0 Å². The average Bonchev–Trinajstić information content (AvgIpc) is 3.63. The van der Waals surface area contributed by atoms with Crippen LogP contribution in [0.5, 0.6) is 6.01 Å². The standard InChI is InChI=1S/C23H21ClN6O4/c24-14-5-15-22(29-23(27-15)34-18-10-33-20-17(31)9-32-21(18)20)28-19(14)11-1-3-13(4-2-11)30-16-8-25-6-12(16)7-26-30/h1-5,7,17-18,20-21,25,31H,6,8-10H2,(H,27,28,29). The van der Waals surface area contributed by atoms with E-state index in [4.69, 9.17) is 25.8 Å². The Hall–Kier alpha value is -3.02. The molecule has 6 heterocycles. The zero-order chi connectivity index (χ0) is 22.8. The third-order valence-corrected chi connectivity index (χ3v) is 6.89. The van der Waals surface area contributed by atoms with E-state index in [0.717, 1.165) is 24.3 Å². The van der Waals surface area contributed by atoms with Crippen LogP contribution in [0.4, 0.5) is 0 Å². The first-order chi connectivity index (χ1) is 16.6. The number of aromatic nitrogens is 5. The van der Waals surface area contributed by atoms with Gasteiger partial charge in [0.1, 0.15) is 18.3 Å². The van der Waals surface area contributed by atoms with Crippen LogP contribution >= 0.6 is 11.6 Å². The van der Waals surface area contributed by atoms with Gasteiger partial charge in [-0.1, -0.05) is 23.7 Å². The number of ether oxygens (including phenoxy) is 3. The molecule has 4 aromatic rings. The van der Waals surface area contributed by atoms with Gasteiger partial charge in [-0.3, -0.25) is 0 Å². The van der Waals surface area contributed by atoms with Crippen molar-refractivity contribution in [2.75, 3.05) is 13.2 Å². The van der Waals surface area contributed by atoms with Gasteiger partial charge < -0.3 is 29.6 Å². The summed E-state index contributed by atoms with van der Waals surface area (Å²) in [7, 11) is 0. The Bertz CT molecular complexity index is 1390. The molecule has 0 bridgehead atoms. The molecule has 0 aliphatic carbocycles. The van der Waals surface area contributed by atoms with Gasteiger partial charge >= 0.3 is 0 Å². The molecule has 34 heavy (non-hydrogen) atoms. The SMILES string of the molecule is OC1COC2C(Oc3nc4nc(-c5ccc(-n6ncc7c6CNC7)cc5)c(Cl)cc4[nH]3)COC12. The molecule has 2 fully saturated rings. The van der Waals surface area contributed by atoms with Crippen molar-refractivity contribution >= 4 is 22.8 Å². The summed E-state index contributed by atoms with van der Waals surface area (Å²) in [5.41, 5.74) is 6.08. The van der Waals surface area contributed by atoms with Crippen LogP contribution < -0.4 is 10.1 Å². The number of pyridine rings is 1. The number of imidazole rings is 1. The first kappa shape index (κ1) is 20.4. The summed E-state index contributed by atoms with van der Waals surface area (Å²) in [5.74, 6) is 0. The summed E-state index contributed by atoms with van der Waals surface area (Å²) in [5, 5.41) is 18.3. The van der Waals surface area contributed by atoms with Crippen LogP contribution in [0.3, 0.4) is 0 Å². The highest BCUT2D eigenvalue weighted by Gasteiger charge is 2.48. The zero-order valence-electron chi connectivity index (χ0n) is 17.9. The van der Waals surface area contributed by atoms with Crippen molar-refractivity contribution in [1.29, 1.82) is 0 Å². The number of benzene rings is 1. The summed E-state index contributed by atoms with van der Waals surface area (Å²) in [6.45, 7) is 2.23. The quantitative estimate of drug-likeness (QED) is 0.405. The minimum absolute atomic E-state index is 0.244. The second-order valence-corrected chi connectivity index (χ2v) is 9.14. The lowest BCUT2D eigenvalue weighted by Gasteiger charge is -2.15. The molecule has 7 rings (SSSR count). The minimum atomic E-state index is -0.630. The molecule has 0 amide bonds. The number of rotatable bonds is 4. The molecule has 4 atom stereocenters. The highest BCUT2D eigenvalue weighted by Crippen LogP contribution is 2.32. The molecule has 2 saturated heterocycles. The van der Waals surface area contributed by atoms with E-state index < -0.39 is 6.10 Å². The number of aromatic amines is 1. The summed E-state index contributed by atoms with van der Waals surface area (Å²) in [6.07, 6.45) is 0.237. The van der Waals surface area contributed by atoms with Crippen LogP contribution in [-0.2, 0) is 22.6 Å². The van der Waals surface area contributed by atoms with Crippen LogP contribution in [0.15, 0.2) is 36.5 Å². The highest BCUT2D eigenvalue weighted by molar-refractivity contribution is 6.33. The van der Waals surface area contributed by atoms with Crippen molar-refractivity contribution in [3.05, 3.63) is 52.8 Å². The largest absolute Gasteiger partial charge is 0.456 e. The van der Waals surface area contributed by atoms with Crippen LogP contribution in [-0.4, -0.2) is 67.5 Å². The first-order valence-electron chi connectivity index (χ1n) is 11.2. The molecule has 4 unspecified atom stereocenters. The summed E-state index contributed by atoms with van der Waals surface area (Å²) in [4.78, 5) is 12.3. The molecule has 3 N–H and O–H groups in total. The van der Waals surface area contributed by atoms with Gasteiger partial charge in [-0.25, -0.2) is 9.67 Å². The fourth-order valence-corrected chi connectivity index (χ4v) is 5.15. The fraction of sp³-hybridized carbons (Fsp3) is 0.348. The van der Waals surface area contributed by atoms with E-state index in [1.165, 1.54) is 11.3 Å². The van der Waals surface area contributed by atoms with Crippen molar-refractivity contribution < 1.29 is 19.3 Å². The summed E-state index contributed by atoms with van der Waals surface area (Å²) >= 11 is 6.58. The van der Waals surface area contributed by atoms with Crippen molar-refractivity contribution in [3.8, 4) is 23.0 Å². The number of nitrogens with zero attached hydrogens (tertiary/aromatic N) is 4. The average molecular weight is 481 g/mol. The third-order valence-electron chi connectivity index (χ3n) is 6.60. The molecule has 10 nitrogen and oxygen atoms in total. The Balaban J connectivity index is 1.15. The molecule has 11 heteroatoms. The van der Waals surface area contributed by atoms with Gasteiger partial charge in [0.15, 0.2) is 11.8 Å². The van der Waals surface area contributed by atoms with Crippen LogP contribution in [0.2, 0.25) is 5.02 Å². The Morgan fingerprint density at radius 3 is 2.82 bits per heavy atom. The molecule has 3 aliphatic heterocycles. The Morgan fingerprint density at radius 2 is 1.94 bits per heavy atom. The maximum atomic E-state index is 9.92. The van der Waals surface area contributed by atoms with Gasteiger partial charge in [0, 0.05) is 24.2 Å². The van der Waals surface area contributed by atoms with E-state index in [0.29, 0.717) is 34.5 Å². The molecule has 3 aliphatic rings. The lowest BCUT2D eigenvalue weighted by Crippen LogP contribution is -2.34. The number of halogens is 1. The minimum Gasteiger partial charge on any atom is -0.456 e. The van der Waals surface area contributed by atoms with Gasteiger partial charge in [0.05, 0.1) is 47.0 Å². The molecule has 1 aromatic carbocycles. The monoisotopic (exact) mass is 480 g/mol. The maximum Gasteiger partial charge on any atom is 0.296 e. The van der Waals surface area contributed by atoms with E-state index in [-0.39, 0.29) is 24.9 Å². The molecule has 0 saturated carbocycles. The Labute approximate surface area is 198 Å². The predicted octanol–water partition coefficient (Wildman–Crippen LogP) is 1.97. The maximum absolute atomic E-state index is 9.92. The van der Waals surface area contributed by atoms with Crippen LogP contribution in [0.1, 0.15) is 11.3 Å². The molecular weight excluding hydrogens is 460 g/mol. The number of hydrogen-bond donors (Lipinski definition) is 3.